The fraction of sp³-hybridized carbons (Fsp3) is 0.684. The summed E-state index contributed by atoms with van der Waals surface area (Å²) in [5.74, 6) is 0.866. The summed E-state index contributed by atoms with van der Waals surface area (Å²) in [6.45, 7) is 8.34. The Hall–Kier alpha value is -1.11. The van der Waals surface area contributed by atoms with Crippen LogP contribution in [0.5, 0.6) is 5.75 Å². The maximum Gasteiger partial charge on any atom is 0.214 e. The van der Waals surface area contributed by atoms with E-state index in [9.17, 15) is 8.42 Å². The molecule has 0 saturated carbocycles. The van der Waals surface area contributed by atoms with Gasteiger partial charge < -0.3 is 9.84 Å². The molecule has 25 heavy (non-hydrogen) atoms. The quantitative estimate of drug-likeness (QED) is 0.713. The van der Waals surface area contributed by atoms with E-state index in [2.05, 4.69) is 0 Å². The minimum atomic E-state index is -3.34. The predicted octanol–water partition coefficient (Wildman–Crippen LogP) is 3.41. The van der Waals surface area contributed by atoms with Crippen molar-refractivity contribution in [2.75, 3.05) is 18.9 Å². The molecule has 0 aliphatic carbocycles. The first kappa shape index (κ1) is 20.2. The summed E-state index contributed by atoms with van der Waals surface area (Å²) in [6, 6.07) is 5.78. The maximum absolute atomic E-state index is 12.8. The molecule has 6 heteroatoms. The van der Waals surface area contributed by atoms with E-state index in [0.717, 1.165) is 29.7 Å². The van der Waals surface area contributed by atoms with Crippen LogP contribution in [0.2, 0.25) is 0 Å². The Balaban J connectivity index is 2.39. The molecule has 142 valence electrons. The van der Waals surface area contributed by atoms with Crippen molar-refractivity contribution in [2.45, 2.75) is 65.0 Å². The van der Waals surface area contributed by atoms with Gasteiger partial charge in [-0.1, -0.05) is 17.7 Å². The lowest BCUT2D eigenvalue weighted by Crippen LogP contribution is -2.44. The molecule has 0 amide bonds. The number of aliphatic hydroxyl groups is 1. The molecule has 1 aromatic rings. The second-order valence-electron chi connectivity index (χ2n) is 7.42. The van der Waals surface area contributed by atoms with Gasteiger partial charge in [-0.3, -0.25) is 0 Å². The molecular weight excluding hydrogens is 338 g/mol. The molecule has 5 nitrogen and oxygen atoms in total. The highest BCUT2D eigenvalue weighted by atomic mass is 32.2. The zero-order chi connectivity index (χ0) is 18.7. The summed E-state index contributed by atoms with van der Waals surface area (Å²) < 4.78 is 33.4. The van der Waals surface area contributed by atoms with Gasteiger partial charge in [-0.2, -0.15) is 4.31 Å². The van der Waals surface area contributed by atoms with E-state index in [1.807, 2.05) is 39.0 Å². The van der Waals surface area contributed by atoms with Gasteiger partial charge in [0.2, 0.25) is 10.0 Å². The number of rotatable bonds is 8. The molecule has 0 saturated heterocycles. The summed E-state index contributed by atoms with van der Waals surface area (Å²) in [4.78, 5) is 0. The first-order valence-electron chi connectivity index (χ1n) is 9.10. The third kappa shape index (κ3) is 4.96. The van der Waals surface area contributed by atoms with Crippen molar-refractivity contribution in [1.29, 1.82) is 0 Å². The molecule has 1 heterocycles. The van der Waals surface area contributed by atoms with Gasteiger partial charge in [-0.25, -0.2) is 8.42 Å². The molecule has 2 rings (SSSR count). The standard InChI is InChI=1S/C19H31NO4S/c1-5-25(22,23)20(11-7-6-8-12-21)17-14-19(3,4)24-18-10-9-15(2)13-16(17)18/h9-10,13,17,21H,5-8,11-12,14H2,1-4H3. The zero-order valence-electron chi connectivity index (χ0n) is 15.8. The molecule has 1 unspecified atom stereocenters. The van der Waals surface area contributed by atoms with Crippen molar-refractivity contribution < 1.29 is 18.3 Å². The van der Waals surface area contributed by atoms with Gasteiger partial charge >= 0.3 is 0 Å². The van der Waals surface area contributed by atoms with E-state index in [1.165, 1.54) is 0 Å². The highest BCUT2D eigenvalue weighted by molar-refractivity contribution is 7.89. The Morgan fingerprint density at radius 1 is 1.28 bits per heavy atom. The molecule has 1 aliphatic rings. The molecule has 0 radical (unpaired) electrons. The number of hydrogen-bond acceptors (Lipinski definition) is 4. The Morgan fingerprint density at radius 3 is 2.64 bits per heavy atom. The van der Waals surface area contributed by atoms with E-state index >= 15 is 0 Å². The molecule has 1 aromatic carbocycles. The molecule has 0 spiro atoms. The number of hydrogen-bond donors (Lipinski definition) is 1. The fourth-order valence-corrected chi connectivity index (χ4v) is 4.72. The summed E-state index contributed by atoms with van der Waals surface area (Å²) in [6.07, 6.45) is 2.90. The third-order valence-corrected chi connectivity index (χ3v) is 6.58. The molecule has 0 aromatic heterocycles. The monoisotopic (exact) mass is 369 g/mol. The minimum absolute atomic E-state index is 0.0892. The Bertz CT molecular complexity index is 685. The van der Waals surface area contributed by atoms with Crippen molar-refractivity contribution in [2.24, 2.45) is 0 Å². The Morgan fingerprint density at radius 2 is 2.00 bits per heavy atom. The lowest BCUT2D eigenvalue weighted by atomic mass is 9.89. The number of nitrogens with zero attached hydrogens (tertiary/aromatic N) is 1. The normalized spacial score (nSPS) is 19.5. The molecular formula is C19H31NO4S. The Labute approximate surface area is 152 Å². The maximum atomic E-state index is 12.8. The van der Waals surface area contributed by atoms with Crippen LogP contribution >= 0.6 is 0 Å². The lowest BCUT2D eigenvalue weighted by molar-refractivity contribution is 0.0499. The van der Waals surface area contributed by atoms with Crippen LogP contribution in [0.1, 0.15) is 63.6 Å². The second-order valence-corrected chi connectivity index (χ2v) is 9.63. The van der Waals surface area contributed by atoms with Gasteiger partial charge in [0.15, 0.2) is 0 Å². The number of unbranched alkanes of at least 4 members (excludes halogenated alkanes) is 2. The van der Waals surface area contributed by atoms with Crippen LogP contribution in [0, 0.1) is 6.92 Å². The summed E-state index contributed by atoms with van der Waals surface area (Å²) in [5.41, 5.74) is 1.64. The number of ether oxygens (including phenoxy) is 1. The van der Waals surface area contributed by atoms with Crippen molar-refractivity contribution >= 4 is 10.0 Å². The number of sulfonamides is 1. The van der Waals surface area contributed by atoms with Crippen LogP contribution in [-0.4, -0.2) is 42.3 Å². The van der Waals surface area contributed by atoms with Crippen LogP contribution in [0.4, 0.5) is 0 Å². The van der Waals surface area contributed by atoms with E-state index in [1.54, 1.807) is 11.2 Å². The van der Waals surface area contributed by atoms with Crippen LogP contribution in [0.15, 0.2) is 18.2 Å². The van der Waals surface area contributed by atoms with E-state index in [-0.39, 0.29) is 18.4 Å². The van der Waals surface area contributed by atoms with Gasteiger partial charge in [0.25, 0.3) is 0 Å². The van der Waals surface area contributed by atoms with E-state index < -0.39 is 15.6 Å². The minimum Gasteiger partial charge on any atom is -0.487 e. The molecule has 0 fully saturated rings. The van der Waals surface area contributed by atoms with Crippen molar-refractivity contribution in [1.82, 2.24) is 4.31 Å². The number of aliphatic hydroxyl groups excluding tert-OH is 1. The summed E-state index contributed by atoms with van der Waals surface area (Å²) in [5, 5.41) is 8.97. The molecule has 1 N–H and O–H groups in total. The third-order valence-electron chi connectivity index (χ3n) is 4.70. The number of fused-ring (bicyclic) bond motifs is 1. The van der Waals surface area contributed by atoms with Crippen molar-refractivity contribution in [3.05, 3.63) is 29.3 Å². The first-order valence-corrected chi connectivity index (χ1v) is 10.7. The second kappa shape index (κ2) is 8.06. The van der Waals surface area contributed by atoms with Crippen LogP contribution in [0.25, 0.3) is 0 Å². The molecule has 1 atom stereocenters. The SMILES string of the molecule is CCS(=O)(=O)N(CCCCCO)C1CC(C)(C)Oc2ccc(C)cc21. The first-order chi connectivity index (χ1) is 11.7. The van der Waals surface area contributed by atoms with Gasteiger partial charge in [0.1, 0.15) is 11.4 Å². The smallest absolute Gasteiger partial charge is 0.214 e. The van der Waals surface area contributed by atoms with Crippen LogP contribution in [0.3, 0.4) is 0 Å². The van der Waals surface area contributed by atoms with Gasteiger partial charge in [0, 0.05) is 25.1 Å². The molecule has 1 aliphatic heterocycles. The average Bonchev–Trinajstić information content (AvgIpc) is 2.54. The van der Waals surface area contributed by atoms with Crippen molar-refractivity contribution in [3.63, 3.8) is 0 Å². The van der Waals surface area contributed by atoms with Gasteiger partial charge in [-0.05, 0) is 53.0 Å². The van der Waals surface area contributed by atoms with E-state index in [0.29, 0.717) is 19.4 Å². The van der Waals surface area contributed by atoms with Crippen LogP contribution < -0.4 is 4.74 Å². The topological polar surface area (TPSA) is 66.8 Å². The van der Waals surface area contributed by atoms with Gasteiger partial charge in [0.05, 0.1) is 11.8 Å². The highest BCUT2D eigenvalue weighted by Gasteiger charge is 2.40. The largest absolute Gasteiger partial charge is 0.487 e. The summed E-state index contributed by atoms with van der Waals surface area (Å²) in [7, 11) is -3.34. The Kier molecular flexibility index (Phi) is 6.51. The van der Waals surface area contributed by atoms with Gasteiger partial charge in [-0.15, -0.1) is 0 Å². The average molecular weight is 370 g/mol. The fourth-order valence-electron chi connectivity index (χ4n) is 3.40. The number of aryl methyl sites for hydroxylation is 1. The molecule has 0 bridgehead atoms. The van der Waals surface area contributed by atoms with E-state index in [4.69, 9.17) is 9.84 Å². The van der Waals surface area contributed by atoms with Crippen molar-refractivity contribution in [3.8, 4) is 5.75 Å². The summed E-state index contributed by atoms with van der Waals surface area (Å²) >= 11 is 0. The predicted molar refractivity (Wildman–Crippen MR) is 100 cm³/mol. The lowest BCUT2D eigenvalue weighted by Gasteiger charge is -2.42. The van der Waals surface area contributed by atoms with Crippen LogP contribution in [-0.2, 0) is 10.0 Å². The highest BCUT2D eigenvalue weighted by Crippen LogP contribution is 2.44. The zero-order valence-corrected chi connectivity index (χ0v) is 16.6. The number of benzene rings is 1.